The quantitative estimate of drug-likeness (QED) is 0.782. The van der Waals surface area contributed by atoms with Crippen molar-refractivity contribution in [2.45, 2.75) is 19.1 Å². The first kappa shape index (κ1) is 18.9. The van der Waals surface area contributed by atoms with Gasteiger partial charge < -0.3 is 5.32 Å². The zero-order chi connectivity index (χ0) is 20.5. The molecule has 1 aliphatic heterocycles. The molecule has 6 nitrogen and oxygen atoms in total. The number of amides is 2. The van der Waals surface area contributed by atoms with E-state index in [9.17, 15) is 18.0 Å². The maximum Gasteiger partial charge on any atom is 0.416 e. The molecule has 0 radical (unpaired) electrons. The van der Waals surface area contributed by atoms with Crippen molar-refractivity contribution in [3.63, 3.8) is 0 Å². The van der Waals surface area contributed by atoms with Gasteiger partial charge in [0.25, 0.3) is 0 Å². The number of urea groups is 1. The zero-order valence-electron chi connectivity index (χ0n) is 14.4. The van der Waals surface area contributed by atoms with E-state index in [1.165, 1.54) is 31.3 Å². The van der Waals surface area contributed by atoms with E-state index < -0.39 is 23.8 Å². The minimum Gasteiger partial charge on any atom is -0.335 e. The second kappa shape index (κ2) is 7.05. The molecule has 1 N–H and O–H groups in total. The van der Waals surface area contributed by atoms with Crippen molar-refractivity contribution in [1.29, 1.82) is 5.26 Å². The highest BCUT2D eigenvalue weighted by atomic mass is 19.4. The van der Waals surface area contributed by atoms with E-state index in [4.69, 9.17) is 11.8 Å². The summed E-state index contributed by atoms with van der Waals surface area (Å²) in [6.45, 7) is 8.98. The first-order valence-corrected chi connectivity index (χ1v) is 7.98. The number of allylic oxidation sites excluding steroid dienone is 1. The lowest BCUT2D eigenvalue weighted by molar-refractivity contribution is -0.137. The fourth-order valence-electron chi connectivity index (χ4n) is 2.89. The highest BCUT2D eigenvalue weighted by Crippen LogP contribution is 2.36. The van der Waals surface area contributed by atoms with Gasteiger partial charge in [-0.1, -0.05) is 12.1 Å². The average Bonchev–Trinajstić information content (AvgIpc) is 2.67. The van der Waals surface area contributed by atoms with Crippen LogP contribution in [0.3, 0.4) is 0 Å². The Kier molecular flexibility index (Phi) is 4.76. The summed E-state index contributed by atoms with van der Waals surface area (Å²) in [6.07, 6.45) is -3.18. The van der Waals surface area contributed by atoms with Crippen LogP contribution in [0.25, 0.3) is 4.85 Å². The van der Waals surface area contributed by atoms with Crippen molar-refractivity contribution in [1.82, 2.24) is 10.3 Å². The van der Waals surface area contributed by atoms with Gasteiger partial charge in [-0.25, -0.2) is 14.6 Å². The number of hydrogen-bond acceptors (Lipinski definition) is 3. The highest BCUT2D eigenvalue weighted by Gasteiger charge is 2.35. The van der Waals surface area contributed by atoms with Crippen LogP contribution >= 0.6 is 0 Å². The number of nitrogens with zero attached hydrogens (tertiary/aromatic N) is 4. The molecule has 0 fully saturated rings. The average molecular weight is 383 g/mol. The van der Waals surface area contributed by atoms with Gasteiger partial charge >= 0.3 is 12.2 Å². The largest absolute Gasteiger partial charge is 0.416 e. The third kappa shape index (κ3) is 3.38. The SMILES string of the molecule is [C-]#[N+]C1=C(C)N(c2cccc(C(F)(F)F)c2)C(=O)NC1c1ccc(C#N)nc1. The van der Waals surface area contributed by atoms with Crippen molar-refractivity contribution in [3.05, 3.63) is 82.2 Å². The number of rotatable bonds is 2. The van der Waals surface area contributed by atoms with Gasteiger partial charge in [-0.2, -0.15) is 18.4 Å². The van der Waals surface area contributed by atoms with E-state index >= 15 is 0 Å². The first-order valence-electron chi connectivity index (χ1n) is 7.98. The van der Waals surface area contributed by atoms with Crippen LogP contribution in [0, 0.1) is 17.9 Å². The predicted molar refractivity (Wildman–Crippen MR) is 93.4 cm³/mol. The lowest BCUT2D eigenvalue weighted by Gasteiger charge is -2.34. The predicted octanol–water partition coefficient (Wildman–Crippen LogP) is 4.39. The Bertz CT molecular complexity index is 1040. The summed E-state index contributed by atoms with van der Waals surface area (Å²) in [5.74, 6) is 0. The van der Waals surface area contributed by atoms with Crippen LogP contribution in [0.15, 0.2) is 54.0 Å². The summed E-state index contributed by atoms with van der Waals surface area (Å²) in [7, 11) is 0. The second-order valence-electron chi connectivity index (χ2n) is 5.94. The molecule has 9 heteroatoms. The molecule has 0 bridgehead atoms. The van der Waals surface area contributed by atoms with Crippen molar-refractivity contribution >= 4 is 11.7 Å². The molecule has 1 aromatic carbocycles. The normalized spacial score (nSPS) is 17.0. The van der Waals surface area contributed by atoms with E-state index in [0.717, 1.165) is 17.0 Å². The van der Waals surface area contributed by atoms with E-state index in [1.54, 1.807) is 6.07 Å². The number of pyridine rings is 1. The van der Waals surface area contributed by atoms with Crippen molar-refractivity contribution in [3.8, 4) is 6.07 Å². The van der Waals surface area contributed by atoms with Crippen LogP contribution in [0.2, 0.25) is 0 Å². The Balaban J connectivity index is 2.06. The van der Waals surface area contributed by atoms with Crippen LogP contribution in [0.5, 0.6) is 0 Å². The lowest BCUT2D eigenvalue weighted by Crippen LogP contribution is -2.46. The molecule has 2 amide bonds. The molecule has 1 aliphatic rings. The number of carbonyl (C=O) groups excluding carboxylic acids is 1. The van der Waals surface area contributed by atoms with Crippen molar-refractivity contribution in [2.24, 2.45) is 0 Å². The van der Waals surface area contributed by atoms with Crippen LogP contribution < -0.4 is 10.2 Å². The summed E-state index contributed by atoms with van der Waals surface area (Å²) in [5.41, 5.74) is 0.134. The van der Waals surface area contributed by atoms with Gasteiger partial charge in [0.15, 0.2) is 0 Å². The number of benzene rings is 1. The molecule has 0 saturated heterocycles. The molecule has 140 valence electrons. The molecule has 0 aliphatic carbocycles. The number of nitriles is 1. The smallest absolute Gasteiger partial charge is 0.335 e. The summed E-state index contributed by atoms with van der Waals surface area (Å²) in [4.78, 5) is 21.1. The molecule has 1 atom stereocenters. The van der Waals surface area contributed by atoms with Crippen LogP contribution in [-0.2, 0) is 6.18 Å². The molecule has 28 heavy (non-hydrogen) atoms. The summed E-state index contributed by atoms with van der Waals surface area (Å²) in [5, 5.41) is 11.5. The molecular weight excluding hydrogens is 371 g/mol. The summed E-state index contributed by atoms with van der Waals surface area (Å²) >= 11 is 0. The Morgan fingerprint density at radius 1 is 1.32 bits per heavy atom. The van der Waals surface area contributed by atoms with Gasteiger partial charge in [0.1, 0.15) is 11.8 Å². The number of alkyl halides is 3. The van der Waals surface area contributed by atoms with Gasteiger partial charge in [0.2, 0.25) is 5.70 Å². The maximum atomic E-state index is 13.0. The Morgan fingerprint density at radius 2 is 2.07 bits per heavy atom. The van der Waals surface area contributed by atoms with Gasteiger partial charge in [0.05, 0.1) is 18.2 Å². The van der Waals surface area contributed by atoms with Crippen LogP contribution in [0.1, 0.15) is 29.8 Å². The topological polar surface area (TPSA) is 73.4 Å². The van der Waals surface area contributed by atoms with E-state index in [-0.39, 0.29) is 22.8 Å². The monoisotopic (exact) mass is 383 g/mol. The molecule has 1 unspecified atom stereocenters. The maximum absolute atomic E-state index is 13.0. The first-order chi connectivity index (χ1) is 13.3. The fraction of sp³-hybridized carbons (Fsp3) is 0.158. The summed E-state index contributed by atoms with van der Waals surface area (Å²) < 4.78 is 39.0. The van der Waals surface area contributed by atoms with Crippen LogP contribution in [0.4, 0.5) is 23.7 Å². The third-order valence-corrected chi connectivity index (χ3v) is 4.24. The Morgan fingerprint density at radius 3 is 2.64 bits per heavy atom. The highest BCUT2D eigenvalue weighted by molar-refractivity contribution is 5.97. The Hall–Kier alpha value is -3.85. The number of anilines is 1. The van der Waals surface area contributed by atoms with E-state index in [2.05, 4.69) is 15.1 Å². The van der Waals surface area contributed by atoms with E-state index in [1.807, 2.05) is 6.07 Å². The standard InChI is InChI=1S/C19H12F3N5O/c1-11-16(24-2)17(12-6-7-14(9-23)25-10-12)26-18(28)27(11)15-5-3-4-13(8-15)19(20,21)22/h3-8,10,17H,1H3,(H,26,28). The van der Waals surface area contributed by atoms with Gasteiger partial charge in [0, 0.05) is 17.6 Å². The Labute approximate surface area is 158 Å². The van der Waals surface area contributed by atoms with Gasteiger partial charge in [-0.3, -0.25) is 4.90 Å². The molecule has 2 heterocycles. The van der Waals surface area contributed by atoms with Crippen LogP contribution in [-0.4, -0.2) is 11.0 Å². The number of halogens is 3. The van der Waals surface area contributed by atoms with Gasteiger partial charge in [-0.15, -0.1) is 0 Å². The molecule has 0 spiro atoms. The third-order valence-electron chi connectivity index (χ3n) is 4.24. The zero-order valence-corrected chi connectivity index (χ0v) is 14.4. The second-order valence-corrected chi connectivity index (χ2v) is 5.94. The molecule has 3 rings (SSSR count). The molecule has 0 saturated carbocycles. The minimum atomic E-state index is -4.56. The number of hydrogen-bond donors (Lipinski definition) is 1. The summed E-state index contributed by atoms with van der Waals surface area (Å²) in [6, 6.07) is 7.74. The molecular formula is C19H12F3N5O. The minimum absolute atomic E-state index is 0.00220. The lowest BCUT2D eigenvalue weighted by atomic mass is 10.0. The van der Waals surface area contributed by atoms with Crippen molar-refractivity contribution < 1.29 is 18.0 Å². The molecule has 1 aromatic heterocycles. The van der Waals surface area contributed by atoms with Gasteiger partial charge in [-0.05, 0) is 36.8 Å². The van der Waals surface area contributed by atoms with Crippen molar-refractivity contribution in [2.75, 3.05) is 4.90 Å². The number of nitrogens with one attached hydrogen (secondary N) is 1. The number of carbonyl (C=O) groups is 1. The number of aromatic nitrogens is 1. The molecule has 2 aromatic rings. The fourth-order valence-corrected chi connectivity index (χ4v) is 2.89. The van der Waals surface area contributed by atoms with E-state index in [0.29, 0.717) is 5.56 Å².